The molecule has 1 aromatic carbocycles. The zero-order chi connectivity index (χ0) is 12.7. The molecule has 0 bridgehead atoms. The third-order valence-corrected chi connectivity index (χ3v) is 4.19. The first-order valence-corrected chi connectivity index (χ1v) is 5.98. The van der Waals surface area contributed by atoms with Gasteiger partial charge in [-0.15, -0.1) is 23.2 Å². The van der Waals surface area contributed by atoms with Gasteiger partial charge in [-0.3, -0.25) is 4.79 Å². The van der Waals surface area contributed by atoms with E-state index < -0.39 is 9.75 Å². The molecule has 1 amide bonds. The minimum atomic E-state index is -0.948. The van der Waals surface area contributed by atoms with Gasteiger partial charge in [-0.05, 0) is 25.5 Å². The first-order valence-electron chi connectivity index (χ1n) is 5.22. The van der Waals surface area contributed by atoms with Crippen LogP contribution in [0.15, 0.2) is 24.3 Å². The Kier molecular flexibility index (Phi) is 3.00. The Labute approximate surface area is 110 Å². The molecule has 0 spiro atoms. The second-order valence-electron chi connectivity index (χ2n) is 4.40. The van der Waals surface area contributed by atoms with E-state index in [-0.39, 0.29) is 5.91 Å². The van der Waals surface area contributed by atoms with Gasteiger partial charge in [-0.1, -0.05) is 6.07 Å². The number of nitrogens with one attached hydrogen (secondary N) is 1. The Morgan fingerprint density at radius 1 is 1.47 bits per heavy atom. The van der Waals surface area contributed by atoms with Crippen molar-refractivity contribution in [3.05, 3.63) is 24.3 Å². The molecule has 1 fully saturated rings. The highest BCUT2D eigenvalue weighted by Gasteiger charge is 2.67. The van der Waals surface area contributed by atoms with E-state index >= 15 is 0 Å². The number of amides is 1. The number of methoxy groups -OCH3 is 1. The van der Waals surface area contributed by atoms with Gasteiger partial charge in [0.15, 0.2) is 0 Å². The summed E-state index contributed by atoms with van der Waals surface area (Å²) >= 11 is 11.9. The highest BCUT2D eigenvalue weighted by molar-refractivity contribution is 6.53. The van der Waals surface area contributed by atoms with Crippen molar-refractivity contribution in [2.45, 2.75) is 17.7 Å². The molecule has 1 aliphatic rings. The number of halogens is 2. The van der Waals surface area contributed by atoms with Crippen molar-refractivity contribution >= 4 is 34.8 Å². The maximum absolute atomic E-state index is 12.0. The van der Waals surface area contributed by atoms with E-state index in [1.54, 1.807) is 32.2 Å². The Bertz CT molecular complexity index is 462. The fraction of sp³-hybridized carbons (Fsp3) is 0.417. The van der Waals surface area contributed by atoms with Crippen LogP contribution in [0.3, 0.4) is 0 Å². The summed E-state index contributed by atoms with van der Waals surface area (Å²) in [7, 11) is 1.58. The Balaban J connectivity index is 2.09. The predicted molar refractivity (Wildman–Crippen MR) is 68.8 cm³/mol. The quantitative estimate of drug-likeness (QED) is 0.859. The lowest BCUT2D eigenvalue weighted by molar-refractivity contribution is -0.120. The van der Waals surface area contributed by atoms with Crippen molar-refractivity contribution in [1.82, 2.24) is 0 Å². The largest absolute Gasteiger partial charge is 0.497 e. The second kappa shape index (κ2) is 4.07. The Morgan fingerprint density at radius 2 is 2.12 bits per heavy atom. The monoisotopic (exact) mass is 273 g/mol. The smallest absolute Gasteiger partial charge is 0.233 e. The van der Waals surface area contributed by atoms with Crippen LogP contribution in [-0.4, -0.2) is 17.4 Å². The summed E-state index contributed by atoms with van der Waals surface area (Å²) in [5.41, 5.74) is -0.0364. The Morgan fingerprint density at radius 3 is 2.65 bits per heavy atom. The molecule has 17 heavy (non-hydrogen) atoms. The molecule has 2 rings (SSSR count). The fourth-order valence-corrected chi connectivity index (χ4v) is 2.32. The molecule has 5 heteroatoms. The summed E-state index contributed by atoms with van der Waals surface area (Å²) in [5.74, 6) is 0.516. The van der Waals surface area contributed by atoms with Gasteiger partial charge in [0, 0.05) is 11.8 Å². The van der Waals surface area contributed by atoms with E-state index in [2.05, 4.69) is 5.32 Å². The average molecular weight is 274 g/mol. The highest BCUT2D eigenvalue weighted by atomic mass is 35.5. The van der Waals surface area contributed by atoms with Gasteiger partial charge >= 0.3 is 0 Å². The molecule has 0 aromatic heterocycles. The van der Waals surface area contributed by atoms with Gasteiger partial charge < -0.3 is 10.1 Å². The van der Waals surface area contributed by atoms with Crippen LogP contribution in [0, 0.1) is 5.41 Å². The van der Waals surface area contributed by atoms with Gasteiger partial charge in [-0.2, -0.15) is 0 Å². The molecular formula is C12H13Cl2NO2. The molecule has 1 saturated carbocycles. The topological polar surface area (TPSA) is 38.3 Å². The fourth-order valence-electron chi connectivity index (χ4n) is 1.62. The molecule has 1 N–H and O–H groups in total. The van der Waals surface area contributed by atoms with Crippen molar-refractivity contribution in [2.24, 2.45) is 5.41 Å². The van der Waals surface area contributed by atoms with E-state index in [0.29, 0.717) is 17.9 Å². The minimum Gasteiger partial charge on any atom is -0.497 e. The highest BCUT2D eigenvalue weighted by Crippen LogP contribution is 2.64. The number of rotatable bonds is 3. The molecule has 0 radical (unpaired) electrons. The van der Waals surface area contributed by atoms with Gasteiger partial charge in [0.1, 0.15) is 10.1 Å². The van der Waals surface area contributed by atoms with Crippen LogP contribution < -0.4 is 10.1 Å². The summed E-state index contributed by atoms with van der Waals surface area (Å²) in [5, 5.41) is 2.79. The third-order valence-electron chi connectivity index (χ3n) is 3.09. The number of hydrogen-bond donors (Lipinski definition) is 1. The van der Waals surface area contributed by atoms with Crippen molar-refractivity contribution in [3.8, 4) is 5.75 Å². The zero-order valence-electron chi connectivity index (χ0n) is 9.59. The number of alkyl halides is 2. The lowest BCUT2D eigenvalue weighted by atomic mass is 10.1. The number of carbonyl (C=O) groups is 1. The molecule has 0 aliphatic heterocycles. The number of benzene rings is 1. The molecule has 0 heterocycles. The van der Waals surface area contributed by atoms with Crippen LogP contribution in [0.1, 0.15) is 13.3 Å². The van der Waals surface area contributed by atoms with Crippen molar-refractivity contribution in [2.75, 3.05) is 12.4 Å². The first kappa shape index (κ1) is 12.5. The predicted octanol–water partition coefficient (Wildman–Crippen LogP) is 3.22. The maximum atomic E-state index is 12.0. The van der Waals surface area contributed by atoms with Crippen LogP contribution in [0.2, 0.25) is 0 Å². The van der Waals surface area contributed by atoms with Crippen LogP contribution in [0.5, 0.6) is 5.75 Å². The number of carbonyl (C=O) groups excluding carboxylic acids is 1. The SMILES string of the molecule is COc1cccc(NC(=O)C2(C)CC2(Cl)Cl)c1. The summed E-state index contributed by atoms with van der Waals surface area (Å²) in [6.45, 7) is 1.75. The average Bonchev–Trinajstić information content (AvgIpc) is 2.80. The Hall–Kier alpha value is -0.930. The second-order valence-corrected chi connectivity index (χ2v) is 5.88. The molecule has 92 valence electrons. The maximum Gasteiger partial charge on any atom is 0.233 e. The third kappa shape index (κ3) is 2.22. The van der Waals surface area contributed by atoms with E-state index in [4.69, 9.17) is 27.9 Å². The molecule has 1 aromatic rings. The summed E-state index contributed by atoms with van der Waals surface area (Å²) in [4.78, 5) is 12.0. The summed E-state index contributed by atoms with van der Waals surface area (Å²) in [6.07, 6.45) is 0.471. The molecular weight excluding hydrogens is 261 g/mol. The minimum absolute atomic E-state index is 0.171. The van der Waals surface area contributed by atoms with Gasteiger partial charge in [0.2, 0.25) is 5.91 Å². The molecule has 1 atom stereocenters. The van der Waals surface area contributed by atoms with Gasteiger partial charge in [0.25, 0.3) is 0 Å². The van der Waals surface area contributed by atoms with Crippen molar-refractivity contribution < 1.29 is 9.53 Å². The number of anilines is 1. The lowest BCUT2D eigenvalue weighted by Crippen LogP contribution is -2.25. The van der Waals surface area contributed by atoms with Crippen molar-refractivity contribution in [1.29, 1.82) is 0 Å². The standard InChI is InChI=1S/C12H13Cl2NO2/c1-11(7-12(11,13)14)10(16)15-8-4-3-5-9(6-8)17-2/h3-6H,7H2,1-2H3,(H,15,16). The molecule has 3 nitrogen and oxygen atoms in total. The molecule has 1 unspecified atom stereocenters. The van der Waals surface area contributed by atoms with Crippen LogP contribution in [0.4, 0.5) is 5.69 Å². The van der Waals surface area contributed by atoms with E-state index in [9.17, 15) is 4.79 Å². The van der Waals surface area contributed by atoms with Gasteiger partial charge in [-0.25, -0.2) is 0 Å². The van der Waals surface area contributed by atoms with E-state index in [1.807, 2.05) is 6.07 Å². The summed E-state index contributed by atoms with van der Waals surface area (Å²) in [6, 6.07) is 7.14. The lowest BCUT2D eigenvalue weighted by Gasteiger charge is -2.13. The van der Waals surface area contributed by atoms with Gasteiger partial charge in [0.05, 0.1) is 12.5 Å². The number of ether oxygens (including phenoxy) is 1. The normalized spacial score (nSPS) is 25.2. The summed E-state index contributed by atoms with van der Waals surface area (Å²) < 4.78 is 4.13. The molecule has 1 aliphatic carbocycles. The number of hydrogen-bond acceptors (Lipinski definition) is 2. The zero-order valence-corrected chi connectivity index (χ0v) is 11.1. The van der Waals surface area contributed by atoms with E-state index in [1.165, 1.54) is 0 Å². The first-order chi connectivity index (χ1) is 7.89. The molecule has 0 saturated heterocycles. The van der Waals surface area contributed by atoms with E-state index in [0.717, 1.165) is 0 Å². The van der Waals surface area contributed by atoms with Crippen LogP contribution >= 0.6 is 23.2 Å². The van der Waals surface area contributed by atoms with Crippen LogP contribution in [-0.2, 0) is 4.79 Å². The van der Waals surface area contributed by atoms with Crippen LogP contribution in [0.25, 0.3) is 0 Å². The van der Waals surface area contributed by atoms with Crippen molar-refractivity contribution in [3.63, 3.8) is 0 Å².